The Kier molecular flexibility index (Phi) is 5.56. The molecule has 1 saturated heterocycles. The second kappa shape index (κ2) is 6.19. The highest BCUT2D eigenvalue weighted by molar-refractivity contribution is 14.1. The summed E-state index contributed by atoms with van der Waals surface area (Å²) in [5.74, 6) is 1.03. The SMILES string of the molecule is CCC1CCN(CCCI)CC1. The van der Waals surface area contributed by atoms with Crippen molar-refractivity contribution < 1.29 is 0 Å². The van der Waals surface area contributed by atoms with Crippen LogP contribution in [0.1, 0.15) is 32.6 Å². The van der Waals surface area contributed by atoms with E-state index in [1.807, 2.05) is 0 Å². The molecule has 0 spiro atoms. The number of nitrogens with zero attached hydrogens (tertiary/aromatic N) is 1. The van der Waals surface area contributed by atoms with Crippen molar-refractivity contribution in [3.63, 3.8) is 0 Å². The van der Waals surface area contributed by atoms with Crippen LogP contribution in [0.25, 0.3) is 0 Å². The van der Waals surface area contributed by atoms with Gasteiger partial charge in [-0.1, -0.05) is 35.9 Å². The van der Waals surface area contributed by atoms with Crippen LogP contribution >= 0.6 is 22.6 Å². The Balaban J connectivity index is 2.09. The van der Waals surface area contributed by atoms with Gasteiger partial charge in [0.25, 0.3) is 0 Å². The lowest BCUT2D eigenvalue weighted by molar-refractivity contribution is 0.183. The minimum Gasteiger partial charge on any atom is -0.303 e. The molecule has 1 rings (SSSR count). The molecule has 0 unspecified atom stereocenters. The number of alkyl halides is 1. The summed E-state index contributed by atoms with van der Waals surface area (Å²) in [5, 5.41) is 0. The average Bonchev–Trinajstić information content (AvgIpc) is 2.15. The van der Waals surface area contributed by atoms with Crippen molar-refractivity contribution in [2.24, 2.45) is 5.92 Å². The van der Waals surface area contributed by atoms with Gasteiger partial charge in [0, 0.05) is 4.43 Å². The van der Waals surface area contributed by atoms with Crippen molar-refractivity contribution in [2.45, 2.75) is 32.6 Å². The van der Waals surface area contributed by atoms with Gasteiger partial charge in [0.05, 0.1) is 0 Å². The second-order valence-electron chi connectivity index (χ2n) is 3.74. The summed E-state index contributed by atoms with van der Waals surface area (Å²) in [7, 11) is 0. The topological polar surface area (TPSA) is 3.24 Å². The molecule has 0 radical (unpaired) electrons. The predicted octanol–water partition coefficient (Wildman–Crippen LogP) is 2.93. The van der Waals surface area contributed by atoms with E-state index in [0.717, 1.165) is 5.92 Å². The maximum absolute atomic E-state index is 2.63. The normalized spacial score (nSPS) is 21.5. The van der Waals surface area contributed by atoms with E-state index in [9.17, 15) is 0 Å². The van der Waals surface area contributed by atoms with Crippen molar-refractivity contribution >= 4 is 22.6 Å². The maximum Gasteiger partial charge on any atom is 0.000744 e. The maximum atomic E-state index is 2.63. The molecule has 0 N–H and O–H groups in total. The minimum absolute atomic E-state index is 1.03. The van der Waals surface area contributed by atoms with E-state index >= 15 is 0 Å². The molecule has 0 aromatic carbocycles. The Hall–Kier alpha value is 0.690. The van der Waals surface area contributed by atoms with Crippen molar-refractivity contribution in [1.29, 1.82) is 0 Å². The quantitative estimate of drug-likeness (QED) is 0.565. The molecule has 72 valence electrons. The van der Waals surface area contributed by atoms with Gasteiger partial charge in [-0.3, -0.25) is 0 Å². The van der Waals surface area contributed by atoms with Crippen molar-refractivity contribution in [1.82, 2.24) is 4.90 Å². The van der Waals surface area contributed by atoms with E-state index < -0.39 is 0 Å². The molecule has 0 saturated carbocycles. The van der Waals surface area contributed by atoms with Crippen LogP contribution in [-0.4, -0.2) is 29.0 Å². The fourth-order valence-corrected chi connectivity index (χ4v) is 2.24. The van der Waals surface area contributed by atoms with E-state index in [4.69, 9.17) is 0 Å². The summed E-state index contributed by atoms with van der Waals surface area (Å²) in [6.07, 6.45) is 5.65. The first-order valence-electron chi connectivity index (χ1n) is 5.15. The minimum atomic E-state index is 1.03. The molecule has 2 heteroatoms. The van der Waals surface area contributed by atoms with Crippen LogP contribution in [0.5, 0.6) is 0 Å². The summed E-state index contributed by atoms with van der Waals surface area (Å²) < 4.78 is 1.31. The molecule has 1 aliphatic rings. The Morgan fingerprint density at radius 3 is 2.50 bits per heavy atom. The van der Waals surface area contributed by atoms with Gasteiger partial charge in [-0.15, -0.1) is 0 Å². The monoisotopic (exact) mass is 281 g/mol. The van der Waals surface area contributed by atoms with Crippen LogP contribution in [0.3, 0.4) is 0 Å². The number of piperidine rings is 1. The molecule has 0 aromatic heterocycles. The zero-order chi connectivity index (χ0) is 8.81. The molecule has 1 heterocycles. The molecular weight excluding hydrogens is 261 g/mol. The van der Waals surface area contributed by atoms with Crippen molar-refractivity contribution in [3.05, 3.63) is 0 Å². The highest BCUT2D eigenvalue weighted by atomic mass is 127. The number of hydrogen-bond donors (Lipinski definition) is 0. The van der Waals surface area contributed by atoms with E-state index in [-0.39, 0.29) is 0 Å². The molecule has 12 heavy (non-hydrogen) atoms. The summed E-state index contributed by atoms with van der Waals surface area (Å²) in [6, 6.07) is 0. The fraction of sp³-hybridized carbons (Fsp3) is 1.00. The van der Waals surface area contributed by atoms with Crippen LogP contribution in [0.4, 0.5) is 0 Å². The lowest BCUT2D eigenvalue weighted by Crippen LogP contribution is -2.34. The number of halogens is 1. The Morgan fingerprint density at radius 2 is 2.00 bits per heavy atom. The molecule has 1 aliphatic heterocycles. The second-order valence-corrected chi connectivity index (χ2v) is 4.81. The van der Waals surface area contributed by atoms with Gasteiger partial charge in [0.15, 0.2) is 0 Å². The first-order valence-corrected chi connectivity index (χ1v) is 6.67. The molecule has 0 atom stereocenters. The molecule has 0 bridgehead atoms. The van der Waals surface area contributed by atoms with Crippen LogP contribution in [0.2, 0.25) is 0 Å². The smallest absolute Gasteiger partial charge is 0.000744 e. The average molecular weight is 281 g/mol. The van der Waals surface area contributed by atoms with Crippen LogP contribution in [0.15, 0.2) is 0 Å². The predicted molar refractivity (Wildman–Crippen MR) is 63.0 cm³/mol. The third-order valence-corrected chi connectivity index (χ3v) is 3.66. The first kappa shape index (κ1) is 10.8. The largest absolute Gasteiger partial charge is 0.303 e. The third-order valence-electron chi connectivity index (χ3n) is 2.89. The summed E-state index contributed by atoms with van der Waals surface area (Å²) >= 11 is 2.47. The van der Waals surface area contributed by atoms with Gasteiger partial charge >= 0.3 is 0 Å². The Labute approximate surface area is 90.0 Å². The number of likely N-dealkylation sites (tertiary alicyclic amines) is 1. The van der Waals surface area contributed by atoms with Gasteiger partial charge in [-0.2, -0.15) is 0 Å². The van der Waals surface area contributed by atoms with E-state index in [0.29, 0.717) is 0 Å². The third kappa shape index (κ3) is 3.60. The van der Waals surface area contributed by atoms with Gasteiger partial charge < -0.3 is 4.90 Å². The highest BCUT2D eigenvalue weighted by Gasteiger charge is 2.16. The lowest BCUT2D eigenvalue weighted by Gasteiger charge is -2.31. The van der Waals surface area contributed by atoms with Crippen LogP contribution in [0, 0.1) is 5.92 Å². The summed E-state index contributed by atoms with van der Waals surface area (Å²) in [5.41, 5.74) is 0. The fourth-order valence-electron chi connectivity index (χ4n) is 1.90. The van der Waals surface area contributed by atoms with Crippen LogP contribution in [-0.2, 0) is 0 Å². The standard InChI is InChI=1S/C10H20IN/c1-2-10-4-8-12(9-5-10)7-3-6-11/h10H,2-9H2,1H3. The Bertz CT molecular complexity index is 108. The van der Waals surface area contributed by atoms with Gasteiger partial charge in [0.2, 0.25) is 0 Å². The van der Waals surface area contributed by atoms with E-state index in [1.54, 1.807) is 0 Å². The summed E-state index contributed by atoms with van der Waals surface area (Å²) in [6.45, 7) is 6.37. The molecule has 0 amide bonds. The molecule has 0 aliphatic carbocycles. The first-order chi connectivity index (χ1) is 5.86. The van der Waals surface area contributed by atoms with Gasteiger partial charge in [-0.25, -0.2) is 0 Å². The van der Waals surface area contributed by atoms with E-state index in [1.165, 1.54) is 49.7 Å². The number of hydrogen-bond acceptors (Lipinski definition) is 1. The Morgan fingerprint density at radius 1 is 1.33 bits per heavy atom. The van der Waals surface area contributed by atoms with E-state index in [2.05, 4.69) is 34.4 Å². The molecule has 0 aromatic rings. The van der Waals surface area contributed by atoms with Gasteiger partial charge in [0.1, 0.15) is 0 Å². The molecule has 1 fully saturated rings. The van der Waals surface area contributed by atoms with Crippen LogP contribution < -0.4 is 0 Å². The molecule has 1 nitrogen and oxygen atoms in total. The van der Waals surface area contributed by atoms with Gasteiger partial charge in [-0.05, 0) is 44.8 Å². The zero-order valence-corrected chi connectivity index (χ0v) is 10.2. The summed E-state index contributed by atoms with van der Waals surface area (Å²) in [4.78, 5) is 2.63. The molecular formula is C10H20IN. The van der Waals surface area contributed by atoms with Crippen molar-refractivity contribution in [2.75, 3.05) is 24.1 Å². The number of rotatable bonds is 4. The van der Waals surface area contributed by atoms with Crippen molar-refractivity contribution in [3.8, 4) is 0 Å². The lowest BCUT2D eigenvalue weighted by atomic mass is 9.94. The zero-order valence-electron chi connectivity index (χ0n) is 8.06. The highest BCUT2D eigenvalue weighted by Crippen LogP contribution is 2.19.